The van der Waals surface area contributed by atoms with Gasteiger partial charge in [0, 0.05) is 13.1 Å². The van der Waals surface area contributed by atoms with Crippen LogP contribution in [-0.2, 0) is 25.3 Å². The van der Waals surface area contributed by atoms with Gasteiger partial charge >= 0.3 is 122 Å². The van der Waals surface area contributed by atoms with Crippen molar-refractivity contribution in [3.63, 3.8) is 0 Å². The van der Waals surface area contributed by atoms with Crippen molar-refractivity contribution in [2.24, 2.45) is 0 Å². The quantitative estimate of drug-likeness (QED) is 0.214. The van der Waals surface area contributed by atoms with Crippen LogP contribution in [-0.4, -0.2) is 43.8 Å². The summed E-state index contributed by atoms with van der Waals surface area (Å²) in [5.74, 6) is 0. The Balaban J connectivity index is 0.000000320. The van der Waals surface area contributed by atoms with Gasteiger partial charge in [-0.25, -0.2) is 0 Å². The average molecular weight is 617 g/mol. The van der Waals surface area contributed by atoms with Gasteiger partial charge in [-0.15, -0.1) is 0 Å². The average Bonchev–Trinajstić information content (AvgIpc) is 2.87. The normalized spacial score (nSPS) is 9.69. The Bertz CT molecular complexity index is 831. The molecule has 3 rings (SSSR count). The molecule has 0 fully saturated rings. The van der Waals surface area contributed by atoms with E-state index in [0.29, 0.717) is 0 Å². The molecular formula is C28H35N2O2S2Sb-2. The summed E-state index contributed by atoms with van der Waals surface area (Å²) in [4.78, 5) is 20.0. The van der Waals surface area contributed by atoms with Crippen LogP contribution in [0, 0.1) is 0 Å². The number of nitrogens with one attached hydrogen (secondary N) is 2. The topological polar surface area (TPSA) is 58.2 Å². The summed E-state index contributed by atoms with van der Waals surface area (Å²) in [6.07, 6.45) is 4.22. The molecule has 4 nitrogen and oxygen atoms in total. The van der Waals surface area contributed by atoms with Gasteiger partial charge in [0.1, 0.15) is 0 Å². The molecule has 0 radical (unpaired) electrons. The van der Waals surface area contributed by atoms with Crippen LogP contribution in [0.2, 0.25) is 0 Å². The van der Waals surface area contributed by atoms with E-state index in [2.05, 4.69) is 141 Å². The Kier molecular flexibility index (Phi) is 17.7. The first-order valence-electron chi connectivity index (χ1n) is 11.8. The number of hydrogen-bond acceptors (Lipinski definition) is 4. The van der Waals surface area contributed by atoms with Gasteiger partial charge in [-0.1, -0.05) is 26.7 Å². The second-order valence-corrected chi connectivity index (χ2v) is 14.6. The molecule has 0 saturated heterocycles. The van der Waals surface area contributed by atoms with Crippen molar-refractivity contribution in [1.29, 1.82) is 0 Å². The van der Waals surface area contributed by atoms with Gasteiger partial charge in [0.15, 0.2) is 0 Å². The van der Waals surface area contributed by atoms with Gasteiger partial charge in [0.05, 0.1) is 10.5 Å². The maximum atomic E-state index is 10.0. The van der Waals surface area contributed by atoms with Gasteiger partial charge in [-0.05, 0) is 12.8 Å². The zero-order chi connectivity index (χ0) is 25.7. The number of carbonyl (C=O) groups excluding carboxylic acids is 2. The zero-order valence-corrected chi connectivity index (χ0v) is 24.7. The Morgan fingerprint density at radius 2 is 0.886 bits per heavy atom. The van der Waals surface area contributed by atoms with Gasteiger partial charge in [-0.2, -0.15) is 0 Å². The van der Waals surface area contributed by atoms with Gasteiger partial charge in [0.2, 0.25) is 0 Å². The third-order valence-electron chi connectivity index (χ3n) is 4.64. The van der Waals surface area contributed by atoms with Crippen LogP contribution < -0.4 is 21.2 Å². The molecule has 3 aromatic carbocycles. The SMILES string of the molecule is CCCCNC(=O)[S-].CCCCNC(=O)[S-].c1cc[c]([Sb]([c]2ccccc2)[c]2ccccc2)cc1. The van der Waals surface area contributed by atoms with Crippen LogP contribution >= 0.6 is 0 Å². The molecule has 2 N–H and O–H groups in total. The first-order valence-corrected chi connectivity index (χ1v) is 16.5. The standard InChI is InChI=1S/3C6H5.2C5H11NOS.Sb/c3*1-2-4-6-5-3-1;2*1-2-3-4-6-5(7)8;/h3*1-5H;2*2-4H2,1H3,(H2,6,7,8);/p-2. The summed E-state index contributed by atoms with van der Waals surface area (Å²) in [6.45, 7) is 5.57. The molecule has 0 spiro atoms. The molecule has 2 amide bonds. The number of amides is 2. The van der Waals surface area contributed by atoms with E-state index in [1.165, 1.54) is 10.5 Å². The van der Waals surface area contributed by atoms with E-state index in [4.69, 9.17) is 0 Å². The molecule has 7 heteroatoms. The molecule has 0 heterocycles. The molecule has 35 heavy (non-hydrogen) atoms. The van der Waals surface area contributed by atoms with E-state index >= 15 is 0 Å². The Morgan fingerprint density at radius 3 is 1.11 bits per heavy atom. The molecule has 0 aliphatic carbocycles. The van der Waals surface area contributed by atoms with Crippen molar-refractivity contribution in [3.05, 3.63) is 91.0 Å². The predicted molar refractivity (Wildman–Crippen MR) is 155 cm³/mol. The maximum absolute atomic E-state index is 10.0. The van der Waals surface area contributed by atoms with E-state index in [-0.39, 0.29) is 10.5 Å². The number of unbranched alkanes of at least 4 members (excludes halogenated alkanes) is 2. The minimum absolute atomic E-state index is 0.349. The molecule has 188 valence electrons. The number of carbonyl (C=O) groups is 2. The Labute approximate surface area is 229 Å². The van der Waals surface area contributed by atoms with Gasteiger partial charge in [0.25, 0.3) is 0 Å². The minimum atomic E-state index is -1.83. The fraction of sp³-hybridized carbons (Fsp3) is 0.286. The molecule has 3 aromatic rings. The van der Waals surface area contributed by atoms with Gasteiger partial charge < -0.3 is 45.5 Å². The van der Waals surface area contributed by atoms with Crippen LogP contribution in [0.1, 0.15) is 39.5 Å². The fourth-order valence-corrected chi connectivity index (χ4v) is 9.70. The molecule has 0 unspecified atom stereocenters. The summed E-state index contributed by atoms with van der Waals surface area (Å²) >= 11 is 6.66. The summed E-state index contributed by atoms with van der Waals surface area (Å²) in [5, 5.41) is 4.35. The first-order chi connectivity index (χ1) is 17.0. The van der Waals surface area contributed by atoms with Crippen LogP contribution in [0.15, 0.2) is 91.0 Å². The summed E-state index contributed by atoms with van der Waals surface area (Å²) < 4.78 is 4.55. The number of benzene rings is 3. The van der Waals surface area contributed by atoms with Crippen molar-refractivity contribution in [1.82, 2.24) is 10.6 Å². The molecule has 0 bridgehead atoms. The molecule has 0 aliphatic rings. The zero-order valence-electron chi connectivity index (χ0n) is 20.5. The Morgan fingerprint density at radius 1 is 0.600 bits per heavy atom. The van der Waals surface area contributed by atoms with Crippen molar-refractivity contribution < 1.29 is 9.59 Å². The third kappa shape index (κ3) is 14.8. The summed E-state index contributed by atoms with van der Waals surface area (Å²) in [7, 11) is 0. The van der Waals surface area contributed by atoms with Gasteiger partial charge in [-0.3, -0.25) is 0 Å². The number of hydrogen-bond donors (Lipinski definition) is 2. The molecule has 0 aliphatic heterocycles. The van der Waals surface area contributed by atoms with Crippen LogP contribution in [0.4, 0.5) is 9.59 Å². The van der Waals surface area contributed by atoms with Crippen molar-refractivity contribution >= 4 is 66.5 Å². The Hall–Kier alpha value is -2.14. The number of rotatable bonds is 9. The summed E-state index contributed by atoms with van der Waals surface area (Å²) in [5.41, 5.74) is 0. The molecule has 0 saturated carbocycles. The molecule has 0 aromatic heterocycles. The monoisotopic (exact) mass is 616 g/mol. The van der Waals surface area contributed by atoms with Crippen LogP contribution in [0.25, 0.3) is 0 Å². The van der Waals surface area contributed by atoms with E-state index in [0.717, 1.165) is 38.8 Å². The van der Waals surface area contributed by atoms with E-state index < -0.39 is 20.2 Å². The van der Waals surface area contributed by atoms with Crippen molar-refractivity contribution in [2.75, 3.05) is 13.1 Å². The first kappa shape index (κ1) is 30.9. The predicted octanol–water partition coefficient (Wildman–Crippen LogP) is 4.29. The van der Waals surface area contributed by atoms with Crippen molar-refractivity contribution in [2.45, 2.75) is 39.5 Å². The second kappa shape index (κ2) is 20.1. The molecule has 0 atom stereocenters. The van der Waals surface area contributed by atoms with E-state index in [1.807, 2.05) is 0 Å². The van der Waals surface area contributed by atoms with E-state index in [9.17, 15) is 9.59 Å². The van der Waals surface area contributed by atoms with Crippen LogP contribution in [0.5, 0.6) is 0 Å². The van der Waals surface area contributed by atoms with Crippen molar-refractivity contribution in [3.8, 4) is 0 Å². The van der Waals surface area contributed by atoms with E-state index in [1.54, 1.807) is 0 Å². The summed E-state index contributed by atoms with van der Waals surface area (Å²) in [6, 6.07) is 32.9. The third-order valence-corrected chi connectivity index (χ3v) is 11.9. The second-order valence-electron chi connectivity index (χ2n) is 7.48. The molecular weight excluding hydrogens is 582 g/mol. The van der Waals surface area contributed by atoms with Crippen LogP contribution in [0.3, 0.4) is 0 Å². The fourth-order valence-electron chi connectivity index (χ4n) is 2.91.